The summed E-state index contributed by atoms with van der Waals surface area (Å²) in [6.07, 6.45) is 3.65. The van der Waals surface area contributed by atoms with Crippen molar-refractivity contribution < 1.29 is 9.59 Å². The SMILES string of the molecule is C=CC(=O)NCc1ccc(C(=O)N2CCN(C3CC3)c3ccc(Cl)cc32)cc1. The van der Waals surface area contributed by atoms with Crippen LogP contribution in [0.25, 0.3) is 0 Å². The van der Waals surface area contributed by atoms with E-state index in [-0.39, 0.29) is 11.8 Å². The van der Waals surface area contributed by atoms with Crippen LogP contribution in [0.4, 0.5) is 11.4 Å². The molecule has 2 aromatic carbocycles. The smallest absolute Gasteiger partial charge is 0.258 e. The molecule has 144 valence electrons. The topological polar surface area (TPSA) is 52.7 Å². The van der Waals surface area contributed by atoms with Crippen LogP contribution in [0.15, 0.2) is 55.1 Å². The summed E-state index contributed by atoms with van der Waals surface area (Å²) < 4.78 is 0. The van der Waals surface area contributed by atoms with Crippen molar-refractivity contribution in [2.75, 3.05) is 22.9 Å². The molecule has 0 spiro atoms. The monoisotopic (exact) mass is 395 g/mol. The van der Waals surface area contributed by atoms with Crippen LogP contribution in [-0.2, 0) is 11.3 Å². The molecule has 28 heavy (non-hydrogen) atoms. The summed E-state index contributed by atoms with van der Waals surface area (Å²) in [6.45, 7) is 5.30. The molecule has 4 rings (SSSR count). The van der Waals surface area contributed by atoms with Gasteiger partial charge in [-0.05, 0) is 54.8 Å². The van der Waals surface area contributed by atoms with Crippen LogP contribution in [-0.4, -0.2) is 30.9 Å². The minimum atomic E-state index is -0.220. The standard InChI is InChI=1S/C22H22ClN3O2/c1-2-21(27)24-14-15-3-5-16(6-4-15)22(28)26-12-11-25(18-8-9-18)19-10-7-17(23)13-20(19)26/h2-7,10,13,18H,1,8-9,11-12,14H2,(H,24,27). The Hall–Kier alpha value is -2.79. The Morgan fingerprint density at radius 3 is 2.54 bits per heavy atom. The number of carbonyl (C=O) groups is 2. The highest BCUT2D eigenvalue weighted by Crippen LogP contribution is 2.41. The number of anilines is 2. The Morgan fingerprint density at radius 1 is 1.11 bits per heavy atom. The third-order valence-corrected chi connectivity index (χ3v) is 5.42. The van der Waals surface area contributed by atoms with Crippen LogP contribution in [0.2, 0.25) is 5.02 Å². The Balaban J connectivity index is 1.54. The molecule has 1 N–H and O–H groups in total. The maximum atomic E-state index is 13.2. The lowest BCUT2D eigenvalue weighted by Gasteiger charge is -2.38. The molecule has 5 nitrogen and oxygen atoms in total. The van der Waals surface area contributed by atoms with Gasteiger partial charge in [-0.25, -0.2) is 0 Å². The Morgan fingerprint density at radius 2 is 1.86 bits per heavy atom. The third-order valence-electron chi connectivity index (χ3n) is 5.19. The van der Waals surface area contributed by atoms with Gasteiger partial charge in [0.2, 0.25) is 5.91 Å². The molecular weight excluding hydrogens is 374 g/mol. The number of nitrogens with zero attached hydrogens (tertiary/aromatic N) is 2. The first kappa shape index (κ1) is 18.6. The molecule has 1 fully saturated rings. The van der Waals surface area contributed by atoms with Crippen molar-refractivity contribution in [2.24, 2.45) is 0 Å². The van der Waals surface area contributed by atoms with Gasteiger partial charge < -0.3 is 15.1 Å². The van der Waals surface area contributed by atoms with Crippen molar-refractivity contribution in [1.82, 2.24) is 5.32 Å². The van der Waals surface area contributed by atoms with Gasteiger partial charge in [-0.1, -0.05) is 30.3 Å². The van der Waals surface area contributed by atoms with E-state index in [1.807, 2.05) is 35.2 Å². The predicted octanol–water partition coefficient (Wildman–Crippen LogP) is 3.77. The van der Waals surface area contributed by atoms with E-state index in [2.05, 4.69) is 16.8 Å². The van der Waals surface area contributed by atoms with Crippen molar-refractivity contribution in [3.05, 3.63) is 71.3 Å². The number of halogens is 1. The fraction of sp³-hybridized carbons (Fsp3) is 0.273. The Labute approximate surface area is 169 Å². The number of nitrogens with one attached hydrogen (secondary N) is 1. The van der Waals surface area contributed by atoms with Gasteiger partial charge in [0.1, 0.15) is 0 Å². The second-order valence-electron chi connectivity index (χ2n) is 7.13. The molecule has 0 radical (unpaired) electrons. The molecule has 1 aliphatic carbocycles. The molecule has 0 atom stereocenters. The van der Waals surface area contributed by atoms with Crippen LogP contribution >= 0.6 is 11.6 Å². The first-order chi connectivity index (χ1) is 13.6. The fourth-order valence-corrected chi connectivity index (χ4v) is 3.73. The number of benzene rings is 2. The van der Waals surface area contributed by atoms with Gasteiger partial charge in [0.25, 0.3) is 5.91 Å². The van der Waals surface area contributed by atoms with Gasteiger partial charge in [-0.2, -0.15) is 0 Å². The molecule has 2 aromatic rings. The Kier molecular flexibility index (Phi) is 5.09. The van der Waals surface area contributed by atoms with E-state index >= 15 is 0 Å². The lowest BCUT2D eigenvalue weighted by molar-refractivity contribution is -0.116. The van der Waals surface area contributed by atoms with Crippen molar-refractivity contribution in [3.8, 4) is 0 Å². The summed E-state index contributed by atoms with van der Waals surface area (Å²) in [5.41, 5.74) is 3.49. The molecule has 2 amide bonds. The molecule has 0 saturated heterocycles. The highest BCUT2D eigenvalue weighted by Gasteiger charge is 2.35. The predicted molar refractivity (Wildman–Crippen MR) is 112 cm³/mol. The average molecular weight is 396 g/mol. The second kappa shape index (κ2) is 7.68. The zero-order chi connectivity index (χ0) is 19.7. The third kappa shape index (κ3) is 3.76. The van der Waals surface area contributed by atoms with E-state index in [4.69, 9.17) is 11.6 Å². The van der Waals surface area contributed by atoms with E-state index in [0.717, 1.165) is 23.5 Å². The molecule has 6 heteroatoms. The van der Waals surface area contributed by atoms with Crippen LogP contribution in [0, 0.1) is 0 Å². The Bertz CT molecular complexity index is 922. The van der Waals surface area contributed by atoms with Gasteiger partial charge in [0, 0.05) is 36.3 Å². The minimum Gasteiger partial charge on any atom is -0.365 e. The minimum absolute atomic E-state index is 0.0411. The van der Waals surface area contributed by atoms with E-state index in [1.165, 1.54) is 18.9 Å². The largest absolute Gasteiger partial charge is 0.365 e. The van der Waals surface area contributed by atoms with Crippen LogP contribution in [0.3, 0.4) is 0 Å². The number of amides is 2. The van der Waals surface area contributed by atoms with E-state index in [9.17, 15) is 9.59 Å². The average Bonchev–Trinajstić information content (AvgIpc) is 3.56. The summed E-state index contributed by atoms with van der Waals surface area (Å²) in [4.78, 5) is 28.7. The number of fused-ring (bicyclic) bond motifs is 1. The van der Waals surface area contributed by atoms with E-state index in [0.29, 0.717) is 29.7 Å². The molecule has 0 aromatic heterocycles. The molecule has 1 aliphatic heterocycles. The zero-order valence-electron chi connectivity index (χ0n) is 15.5. The normalized spacial score (nSPS) is 15.8. The van der Waals surface area contributed by atoms with Gasteiger partial charge in [-0.15, -0.1) is 0 Å². The zero-order valence-corrected chi connectivity index (χ0v) is 16.3. The number of hydrogen-bond acceptors (Lipinski definition) is 3. The maximum absolute atomic E-state index is 13.2. The van der Waals surface area contributed by atoms with Crippen molar-refractivity contribution in [3.63, 3.8) is 0 Å². The molecule has 0 bridgehead atoms. The fourth-order valence-electron chi connectivity index (χ4n) is 3.56. The summed E-state index contributed by atoms with van der Waals surface area (Å²) in [5, 5.41) is 3.36. The molecule has 0 unspecified atom stereocenters. The highest BCUT2D eigenvalue weighted by molar-refractivity contribution is 6.31. The van der Waals surface area contributed by atoms with Crippen LogP contribution < -0.4 is 15.1 Å². The quantitative estimate of drug-likeness (QED) is 0.784. The first-order valence-electron chi connectivity index (χ1n) is 9.44. The molecular formula is C22H22ClN3O2. The summed E-state index contributed by atoms with van der Waals surface area (Å²) in [7, 11) is 0. The van der Waals surface area contributed by atoms with Gasteiger partial charge in [0.15, 0.2) is 0 Å². The second-order valence-corrected chi connectivity index (χ2v) is 7.57. The summed E-state index contributed by atoms with van der Waals surface area (Å²) in [6, 6.07) is 13.7. The van der Waals surface area contributed by atoms with Crippen molar-refractivity contribution in [1.29, 1.82) is 0 Å². The lowest BCUT2D eigenvalue weighted by Crippen LogP contribution is -2.45. The van der Waals surface area contributed by atoms with Gasteiger partial charge in [-0.3, -0.25) is 9.59 Å². The summed E-state index contributed by atoms with van der Waals surface area (Å²) >= 11 is 6.23. The first-order valence-corrected chi connectivity index (χ1v) is 9.82. The van der Waals surface area contributed by atoms with E-state index in [1.54, 1.807) is 12.1 Å². The summed E-state index contributed by atoms with van der Waals surface area (Å²) in [5.74, 6) is -0.261. The van der Waals surface area contributed by atoms with Crippen molar-refractivity contribution >= 4 is 34.8 Å². The van der Waals surface area contributed by atoms with Crippen molar-refractivity contribution in [2.45, 2.75) is 25.4 Å². The van der Waals surface area contributed by atoms with E-state index < -0.39 is 0 Å². The molecule has 1 saturated carbocycles. The van der Waals surface area contributed by atoms with Gasteiger partial charge >= 0.3 is 0 Å². The molecule has 2 aliphatic rings. The van der Waals surface area contributed by atoms with Crippen LogP contribution in [0.1, 0.15) is 28.8 Å². The van der Waals surface area contributed by atoms with Gasteiger partial charge in [0.05, 0.1) is 11.4 Å². The number of rotatable bonds is 5. The lowest BCUT2D eigenvalue weighted by atomic mass is 10.1. The molecule has 1 heterocycles. The highest BCUT2D eigenvalue weighted by atomic mass is 35.5. The maximum Gasteiger partial charge on any atom is 0.258 e. The number of hydrogen-bond donors (Lipinski definition) is 1. The van der Waals surface area contributed by atoms with Crippen LogP contribution in [0.5, 0.6) is 0 Å². The number of carbonyl (C=O) groups excluding carboxylic acids is 2.